The zero-order valence-electron chi connectivity index (χ0n) is 11.4. The van der Waals surface area contributed by atoms with E-state index in [1.54, 1.807) is 6.07 Å². The molecule has 2 unspecified atom stereocenters. The van der Waals surface area contributed by atoms with E-state index in [2.05, 4.69) is 17.6 Å². The van der Waals surface area contributed by atoms with Gasteiger partial charge in [-0.3, -0.25) is 4.79 Å². The molecule has 1 heterocycles. The summed E-state index contributed by atoms with van der Waals surface area (Å²) >= 11 is 0. The van der Waals surface area contributed by atoms with Crippen LogP contribution in [0.1, 0.15) is 38.3 Å². The van der Waals surface area contributed by atoms with Crippen LogP contribution in [0.2, 0.25) is 0 Å². The van der Waals surface area contributed by atoms with Gasteiger partial charge in [0.2, 0.25) is 5.91 Å². The molecular formula is C15H21FN2O. The minimum Gasteiger partial charge on any atom is -0.348 e. The van der Waals surface area contributed by atoms with Gasteiger partial charge in [-0.25, -0.2) is 4.39 Å². The van der Waals surface area contributed by atoms with Gasteiger partial charge in [0.15, 0.2) is 0 Å². The van der Waals surface area contributed by atoms with Crippen molar-refractivity contribution in [2.75, 3.05) is 6.54 Å². The first-order chi connectivity index (χ1) is 9.08. The fourth-order valence-electron chi connectivity index (χ4n) is 2.56. The Morgan fingerprint density at radius 3 is 3.00 bits per heavy atom. The minimum atomic E-state index is -0.275. The first kappa shape index (κ1) is 14.0. The van der Waals surface area contributed by atoms with Gasteiger partial charge in [-0.2, -0.15) is 0 Å². The van der Waals surface area contributed by atoms with Crippen LogP contribution in [0.15, 0.2) is 24.3 Å². The predicted molar refractivity (Wildman–Crippen MR) is 73.1 cm³/mol. The van der Waals surface area contributed by atoms with Crippen molar-refractivity contribution in [3.63, 3.8) is 0 Å². The van der Waals surface area contributed by atoms with Gasteiger partial charge in [0, 0.05) is 0 Å². The highest BCUT2D eigenvalue weighted by Crippen LogP contribution is 2.18. The second kappa shape index (κ2) is 6.15. The monoisotopic (exact) mass is 264 g/mol. The van der Waals surface area contributed by atoms with E-state index in [0.29, 0.717) is 5.92 Å². The summed E-state index contributed by atoms with van der Waals surface area (Å²) in [7, 11) is 0. The molecule has 4 heteroatoms. The maximum Gasteiger partial charge on any atom is 0.237 e. The number of hydrogen-bond acceptors (Lipinski definition) is 2. The highest BCUT2D eigenvalue weighted by molar-refractivity contribution is 5.82. The van der Waals surface area contributed by atoms with Gasteiger partial charge in [0.05, 0.1) is 12.1 Å². The molecule has 1 aliphatic heterocycles. The molecule has 1 aromatic rings. The van der Waals surface area contributed by atoms with E-state index >= 15 is 0 Å². The Morgan fingerprint density at radius 1 is 1.53 bits per heavy atom. The van der Waals surface area contributed by atoms with Crippen LogP contribution in [-0.2, 0) is 4.79 Å². The molecule has 2 N–H and O–H groups in total. The molecule has 0 radical (unpaired) electrons. The first-order valence-corrected chi connectivity index (χ1v) is 6.87. The van der Waals surface area contributed by atoms with E-state index in [-0.39, 0.29) is 23.8 Å². The molecule has 19 heavy (non-hydrogen) atoms. The van der Waals surface area contributed by atoms with Crippen LogP contribution in [-0.4, -0.2) is 18.5 Å². The molecule has 3 nitrogen and oxygen atoms in total. The summed E-state index contributed by atoms with van der Waals surface area (Å²) in [5.41, 5.74) is 0.789. The largest absolute Gasteiger partial charge is 0.348 e. The Hall–Kier alpha value is -1.42. The van der Waals surface area contributed by atoms with E-state index < -0.39 is 0 Å². The molecule has 0 aliphatic carbocycles. The van der Waals surface area contributed by atoms with Gasteiger partial charge in [-0.05, 0) is 49.9 Å². The van der Waals surface area contributed by atoms with Gasteiger partial charge in [-0.1, -0.05) is 19.1 Å². The average Bonchev–Trinajstić information content (AvgIpc) is 2.39. The van der Waals surface area contributed by atoms with Crippen molar-refractivity contribution in [3.8, 4) is 0 Å². The van der Waals surface area contributed by atoms with Crippen LogP contribution in [0, 0.1) is 11.7 Å². The molecule has 0 spiro atoms. The molecule has 0 aromatic heterocycles. The molecular weight excluding hydrogens is 243 g/mol. The Morgan fingerprint density at radius 2 is 2.32 bits per heavy atom. The van der Waals surface area contributed by atoms with Crippen molar-refractivity contribution in [1.82, 2.24) is 10.6 Å². The fraction of sp³-hybridized carbons (Fsp3) is 0.533. The lowest BCUT2D eigenvalue weighted by atomic mass is 9.92. The Labute approximate surface area is 113 Å². The number of halogens is 1. The summed E-state index contributed by atoms with van der Waals surface area (Å²) in [5.74, 6) is 0.0696. The standard InChI is InChI=1S/C15H21FN2O/c1-10-5-4-8-17-14(10)15(19)18-11(2)12-6-3-7-13(16)9-12/h3,6-7,9-11,14,17H,4-5,8H2,1-2H3,(H,18,19)/t10?,11-,14?/m1/s1. The second-order valence-electron chi connectivity index (χ2n) is 5.34. The van der Waals surface area contributed by atoms with Gasteiger partial charge in [0.1, 0.15) is 5.82 Å². The number of amides is 1. The van der Waals surface area contributed by atoms with Crippen molar-refractivity contribution in [1.29, 1.82) is 0 Å². The molecule has 1 aliphatic rings. The number of rotatable bonds is 3. The van der Waals surface area contributed by atoms with Crippen LogP contribution < -0.4 is 10.6 Å². The summed E-state index contributed by atoms with van der Waals surface area (Å²) in [6.45, 7) is 4.85. The topological polar surface area (TPSA) is 41.1 Å². The lowest BCUT2D eigenvalue weighted by molar-refractivity contribution is -0.125. The number of hydrogen-bond donors (Lipinski definition) is 2. The fourth-order valence-corrected chi connectivity index (χ4v) is 2.56. The summed E-state index contributed by atoms with van der Waals surface area (Å²) < 4.78 is 13.2. The molecule has 0 saturated carbocycles. The van der Waals surface area contributed by atoms with Gasteiger partial charge >= 0.3 is 0 Å². The van der Waals surface area contributed by atoms with Gasteiger partial charge in [-0.15, -0.1) is 0 Å². The van der Waals surface area contributed by atoms with Crippen molar-refractivity contribution in [2.45, 2.75) is 38.8 Å². The van der Waals surface area contributed by atoms with Crippen molar-refractivity contribution >= 4 is 5.91 Å². The highest BCUT2D eigenvalue weighted by Gasteiger charge is 2.28. The lowest BCUT2D eigenvalue weighted by Gasteiger charge is -2.30. The minimum absolute atomic E-state index is 0.00367. The van der Waals surface area contributed by atoms with Crippen LogP contribution in [0.25, 0.3) is 0 Å². The number of carbonyl (C=O) groups excluding carboxylic acids is 1. The lowest BCUT2D eigenvalue weighted by Crippen LogP contribution is -2.51. The van der Waals surface area contributed by atoms with Crippen molar-refractivity contribution in [3.05, 3.63) is 35.6 Å². The van der Waals surface area contributed by atoms with Gasteiger partial charge < -0.3 is 10.6 Å². The predicted octanol–water partition coefficient (Wildman–Crippen LogP) is 2.39. The zero-order chi connectivity index (χ0) is 13.8. The maximum absolute atomic E-state index is 13.2. The van der Waals surface area contributed by atoms with Crippen molar-refractivity contribution < 1.29 is 9.18 Å². The Kier molecular flexibility index (Phi) is 4.53. The molecule has 0 bridgehead atoms. The summed E-state index contributed by atoms with van der Waals surface area (Å²) in [4.78, 5) is 12.2. The van der Waals surface area contributed by atoms with Gasteiger partial charge in [0.25, 0.3) is 0 Å². The maximum atomic E-state index is 13.2. The van der Waals surface area contributed by atoms with E-state index in [4.69, 9.17) is 0 Å². The Balaban J connectivity index is 1.98. The summed E-state index contributed by atoms with van der Waals surface area (Å²) in [5, 5.41) is 6.21. The van der Waals surface area contributed by atoms with Crippen LogP contribution >= 0.6 is 0 Å². The molecule has 1 amide bonds. The molecule has 2 rings (SSSR count). The smallest absolute Gasteiger partial charge is 0.237 e. The van der Waals surface area contributed by atoms with E-state index in [1.165, 1.54) is 12.1 Å². The van der Waals surface area contributed by atoms with Crippen LogP contribution in [0.3, 0.4) is 0 Å². The third-order valence-electron chi connectivity index (χ3n) is 3.76. The van der Waals surface area contributed by atoms with E-state index in [1.807, 2.05) is 13.0 Å². The highest BCUT2D eigenvalue weighted by atomic mass is 19.1. The number of piperidine rings is 1. The SMILES string of the molecule is CC1CCCNC1C(=O)N[C@H](C)c1cccc(F)c1. The molecule has 1 fully saturated rings. The second-order valence-corrected chi connectivity index (χ2v) is 5.34. The quantitative estimate of drug-likeness (QED) is 0.880. The zero-order valence-corrected chi connectivity index (χ0v) is 11.4. The molecule has 1 aromatic carbocycles. The Bertz CT molecular complexity index is 450. The number of benzene rings is 1. The summed E-state index contributed by atoms with van der Waals surface area (Å²) in [6.07, 6.45) is 2.18. The van der Waals surface area contributed by atoms with E-state index in [9.17, 15) is 9.18 Å². The number of carbonyl (C=O) groups is 1. The third-order valence-corrected chi connectivity index (χ3v) is 3.76. The number of nitrogens with one attached hydrogen (secondary N) is 2. The first-order valence-electron chi connectivity index (χ1n) is 6.87. The van der Waals surface area contributed by atoms with Crippen molar-refractivity contribution in [2.24, 2.45) is 5.92 Å². The third kappa shape index (κ3) is 3.53. The molecule has 1 saturated heterocycles. The van der Waals surface area contributed by atoms with E-state index in [0.717, 1.165) is 24.9 Å². The molecule has 104 valence electrons. The normalized spacial score (nSPS) is 24.8. The molecule has 3 atom stereocenters. The average molecular weight is 264 g/mol. The van der Waals surface area contributed by atoms with Crippen LogP contribution in [0.4, 0.5) is 4.39 Å². The summed E-state index contributed by atoms with van der Waals surface area (Å²) in [6, 6.07) is 6.04. The van der Waals surface area contributed by atoms with Crippen LogP contribution in [0.5, 0.6) is 0 Å².